The molecule has 3 atom stereocenters. The molecule has 1 heterocycles. The highest BCUT2D eigenvalue weighted by molar-refractivity contribution is 8.18. The fourth-order valence-corrected chi connectivity index (χ4v) is 9.77. The second-order valence-corrected chi connectivity index (χ2v) is 14.1. The van der Waals surface area contributed by atoms with Crippen LogP contribution in [0.25, 0.3) is 0 Å². The Kier molecular flexibility index (Phi) is 10.9. The number of hydrogen-bond acceptors (Lipinski definition) is 5. The van der Waals surface area contributed by atoms with E-state index in [-0.39, 0.29) is 22.5 Å². The summed E-state index contributed by atoms with van der Waals surface area (Å²) >= 11 is 3.98. The smallest absolute Gasteiger partial charge is 0.143 e. The van der Waals surface area contributed by atoms with Gasteiger partial charge in [-0.25, -0.2) is 0 Å². The van der Waals surface area contributed by atoms with E-state index in [1.807, 2.05) is 47.8 Å². The van der Waals surface area contributed by atoms with Crippen molar-refractivity contribution in [1.29, 1.82) is 0 Å². The van der Waals surface area contributed by atoms with Gasteiger partial charge in [-0.1, -0.05) is 135 Å². The number of benzene rings is 4. The van der Waals surface area contributed by atoms with Gasteiger partial charge in [0.25, 0.3) is 0 Å². The zero-order chi connectivity index (χ0) is 29.3. The molecule has 220 valence electrons. The number of ether oxygens (including phenoxy) is 2. The minimum Gasteiger partial charge on any atom is -0.390 e. The molecular weight excluding hydrogens is 557 g/mol. The van der Waals surface area contributed by atoms with Crippen molar-refractivity contribution >= 4 is 23.5 Å². The van der Waals surface area contributed by atoms with E-state index in [1.165, 1.54) is 12.0 Å². The monoisotopic (exact) mass is 598 g/mol. The average molecular weight is 599 g/mol. The van der Waals surface area contributed by atoms with Crippen molar-refractivity contribution in [2.75, 3.05) is 24.7 Å². The first-order valence-electron chi connectivity index (χ1n) is 14.9. The maximum atomic E-state index is 11.9. The SMILES string of the molecule is C[C@H]([C@@H](O)COC(c1ccccc1)(c1ccccc1)c1ccccc1)C1([C@@H](C)COCc2ccccc2)SCCCS1. The summed E-state index contributed by atoms with van der Waals surface area (Å²) in [6.07, 6.45) is 0.530. The van der Waals surface area contributed by atoms with Gasteiger partial charge in [0.2, 0.25) is 0 Å². The fraction of sp³-hybridized carbons (Fsp3) is 0.351. The lowest BCUT2D eigenvalue weighted by molar-refractivity contribution is -0.0580. The van der Waals surface area contributed by atoms with E-state index in [1.54, 1.807) is 0 Å². The molecular formula is C37H42O3S2. The van der Waals surface area contributed by atoms with Crippen LogP contribution in [0.1, 0.15) is 42.5 Å². The van der Waals surface area contributed by atoms with Gasteiger partial charge in [-0.2, -0.15) is 0 Å². The van der Waals surface area contributed by atoms with E-state index in [2.05, 4.69) is 111 Å². The second kappa shape index (κ2) is 14.8. The van der Waals surface area contributed by atoms with E-state index >= 15 is 0 Å². The highest BCUT2D eigenvalue weighted by atomic mass is 32.2. The van der Waals surface area contributed by atoms with Crippen molar-refractivity contribution in [2.45, 2.75) is 42.7 Å². The molecule has 0 spiro atoms. The van der Waals surface area contributed by atoms with Crippen LogP contribution in [-0.2, 0) is 21.7 Å². The lowest BCUT2D eigenvalue weighted by Crippen LogP contribution is -2.48. The normalized spacial score (nSPS) is 17.3. The number of thioether (sulfide) groups is 2. The molecule has 5 heteroatoms. The molecule has 0 aliphatic carbocycles. The Morgan fingerprint density at radius 1 is 0.690 bits per heavy atom. The average Bonchev–Trinajstić information content (AvgIpc) is 3.07. The molecule has 0 saturated carbocycles. The molecule has 4 aromatic carbocycles. The number of aliphatic hydroxyl groups is 1. The lowest BCUT2D eigenvalue weighted by atomic mass is 9.80. The van der Waals surface area contributed by atoms with E-state index in [9.17, 15) is 5.11 Å². The number of aliphatic hydroxyl groups excluding tert-OH is 1. The van der Waals surface area contributed by atoms with Gasteiger partial charge in [0, 0.05) is 11.8 Å². The Morgan fingerprint density at radius 2 is 1.14 bits per heavy atom. The maximum absolute atomic E-state index is 11.9. The van der Waals surface area contributed by atoms with Gasteiger partial charge in [-0.3, -0.25) is 0 Å². The molecule has 0 unspecified atom stereocenters. The van der Waals surface area contributed by atoms with Gasteiger partial charge in [0.1, 0.15) is 5.60 Å². The van der Waals surface area contributed by atoms with Crippen molar-refractivity contribution in [3.8, 4) is 0 Å². The molecule has 4 aromatic rings. The van der Waals surface area contributed by atoms with E-state index < -0.39 is 11.7 Å². The Morgan fingerprint density at radius 3 is 1.62 bits per heavy atom. The van der Waals surface area contributed by atoms with Crippen molar-refractivity contribution in [3.63, 3.8) is 0 Å². The van der Waals surface area contributed by atoms with Crippen molar-refractivity contribution in [3.05, 3.63) is 144 Å². The number of rotatable bonds is 13. The molecule has 5 rings (SSSR count). The summed E-state index contributed by atoms with van der Waals surface area (Å²) in [5, 5.41) is 11.9. The second-order valence-electron chi connectivity index (χ2n) is 11.1. The third kappa shape index (κ3) is 6.82. The van der Waals surface area contributed by atoms with Crippen LogP contribution in [0.2, 0.25) is 0 Å². The summed E-state index contributed by atoms with van der Waals surface area (Å²) in [5.41, 5.74) is 3.46. The number of hydrogen-bond donors (Lipinski definition) is 1. The first-order valence-corrected chi connectivity index (χ1v) is 16.9. The minimum absolute atomic E-state index is 0.0110. The molecule has 0 amide bonds. The summed E-state index contributed by atoms with van der Waals surface area (Å²) < 4.78 is 13.1. The van der Waals surface area contributed by atoms with E-state index in [0.29, 0.717) is 13.2 Å². The molecule has 1 N–H and O–H groups in total. The molecule has 0 aromatic heterocycles. The Hall–Kier alpha value is -2.54. The molecule has 1 aliphatic rings. The summed E-state index contributed by atoms with van der Waals surface area (Å²) in [6, 6.07) is 41.5. The maximum Gasteiger partial charge on any atom is 0.143 e. The first kappa shape index (κ1) is 30.9. The summed E-state index contributed by atoms with van der Waals surface area (Å²) in [7, 11) is 0. The van der Waals surface area contributed by atoms with Gasteiger partial charge in [-0.15, -0.1) is 23.5 Å². The molecule has 1 aliphatic heterocycles. The van der Waals surface area contributed by atoms with Crippen LogP contribution >= 0.6 is 23.5 Å². The van der Waals surface area contributed by atoms with E-state index in [0.717, 1.165) is 28.2 Å². The Labute approximate surface area is 260 Å². The quantitative estimate of drug-likeness (QED) is 0.156. The lowest BCUT2D eigenvalue weighted by Gasteiger charge is -2.47. The first-order chi connectivity index (χ1) is 20.6. The van der Waals surface area contributed by atoms with Gasteiger partial charge >= 0.3 is 0 Å². The summed E-state index contributed by atoms with van der Waals surface area (Å²) in [6.45, 7) is 5.93. The predicted octanol–water partition coefficient (Wildman–Crippen LogP) is 8.41. The largest absolute Gasteiger partial charge is 0.390 e. The third-order valence-electron chi connectivity index (χ3n) is 8.33. The fourth-order valence-electron chi connectivity index (χ4n) is 6.00. The summed E-state index contributed by atoms with van der Waals surface area (Å²) in [5.74, 6) is 2.43. The molecule has 3 nitrogen and oxygen atoms in total. The Bertz CT molecular complexity index is 1230. The topological polar surface area (TPSA) is 38.7 Å². The van der Waals surface area contributed by atoms with Gasteiger partial charge < -0.3 is 14.6 Å². The Balaban J connectivity index is 1.40. The van der Waals surface area contributed by atoms with E-state index in [4.69, 9.17) is 9.47 Å². The zero-order valence-corrected chi connectivity index (χ0v) is 26.2. The van der Waals surface area contributed by atoms with Crippen molar-refractivity contribution in [2.24, 2.45) is 11.8 Å². The highest BCUT2D eigenvalue weighted by Gasteiger charge is 2.47. The molecule has 0 bridgehead atoms. The van der Waals surface area contributed by atoms with Crippen LogP contribution in [0.3, 0.4) is 0 Å². The standard InChI is InChI=1S/C37H42O3S2/c1-29(26-39-27-31-16-7-3-8-17-31)37(41-24-15-25-42-37)30(2)35(38)28-40-36(32-18-9-4-10-19-32,33-20-11-5-12-21-33)34-22-13-6-14-23-34/h3-14,16-23,29-30,35,38H,15,24-28H2,1-2H3/t29-,30+,35-/m0/s1. The van der Waals surface area contributed by atoms with Crippen molar-refractivity contribution < 1.29 is 14.6 Å². The van der Waals surface area contributed by atoms with Crippen LogP contribution in [0.15, 0.2) is 121 Å². The van der Waals surface area contributed by atoms with Gasteiger partial charge in [0.05, 0.1) is 30.0 Å². The molecule has 42 heavy (non-hydrogen) atoms. The van der Waals surface area contributed by atoms with Crippen LogP contribution in [0, 0.1) is 11.8 Å². The van der Waals surface area contributed by atoms with Crippen LogP contribution in [-0.4, -0.2) is 40.0 Å². The van der Waals surface area contributed by atoms with Gasteiger partial charge in [0.15, 0.2) is 0 Å². The zero-order valence-electron chi connectivity index (χ0n) is 24.6. The highest BCUT2D eigenvalue weighted by Crippen LogP contribution is 2.54. The van der Waals surface area contributed by atoms with Crippen LogP contribution in [0.4, 0.5) is 0 Å². The van der Waals surface area contributed by atoms with Crippen LogP contribution in [0.5, 0.6) is 0 Å². The molecule has 0 radical (unpaired) electrons. The van der Waals surface area contributed by atoms with Gasteiger partial charge in [-0.05, 0) is 40.2 Å². The third-order valence-corrected chi connectivity index (χ3v) is 12.5. The summed E-state index contributed by atoms with van der Waals surface area (Å²) in [4.78, 5) is 0. The van der Waals surface area contributed by atoms with Crippen molar-refractivity contribution in [1.82, 2.24) is 0 Å². The molecule has 1 fully saturated rings. The van der Waals surface area contributed by atoms with Crippen LogP contribution < -0.4 is 0 Å². The minimum atomic E-state index is -0.852. The molecule has 1 saturated heterocycles. The predicted molar refractivity (Wildman–Crippen MR) is 178 cm³/mol.